The Morgan fingerprint density at radius 2 is 1.68 bits per heavy atom. The van der Waals surface area contributed by atoms with E-state index in [1.165, 1.54) is 0 Å². The first-order valence-electron chi connectivity index (χ1n) is 13.0. The summed E-state index contributed by atoms with van der Waals surface area (Å²) in [4.78, 5) is 9.10. The van der Waals surface area contributed by atoms with E-state index in [0.717, 1.165) is 23.3 Å². The minimum Gasteiger partial charge on any atom is -0.508 e. The smallest absolute Gasteiger partial charge is 0.220 e. The minimum absolute atomic E-state index is 0.0762. The highest BCUT2D eigenvalue weighted by molar-refractivity contribution is 6.26. The standard InChI is InChI=1S/C28H40N2O6Si2/c1-18-16-29-25(30-26(18)33-17-20-8-10-23(32-5)11-9-20)21-12-22(31)14-24(13-21)34-19(2)15-28(3,4)27(35-37-6)36-38-7/h8-14,16,19,27,31H,15,17,37-38H2,1-7H3. The average molecular weight is 557 g/mol. The van der Waals surface area contributed by atoms with Gasteiger partial charge in [0.1, 0.15) is 30.1 Å². The molecule has 1 atom stereocenters. The summed E-state index contributed by atoms with van der Waals surface area (Å²) in [5.74, 6) is 2.34. The first-order chi connectivity index (χ1) is 18.1. The highest BCUT2D eigenvalue weighted by atomic mass is 28.2. The number of phenols is 1. The van der Waals surface area contributed by atoms with Crippen LogP contribution in [0.4, 0.5) is 0 Å². The van der Waals surface area contributed by atoms with Crippen LogP contribution in [0, 0.1) is 12.3 Å². The zero-order valence-corrected chi connectivity index (χ0v) is 26.3. The van der Waals surface area contributed by atoms with Gasteiger partial charge in [-0.1, -0.05) is 39.1 Å². The van der Waals surface area contributed by atoms with E-state index in [1.54, 1.807) is 25.4 Å². The van der Waals surface area contributed by atoms with E-state index in [9.17, 15) is 5.11 Å². The molecule has 0 amide bonds. The number of aromatic hydroxyl groups is 1. The SMILES string of the molecule is COc1ccc(COc2nc(-c3cc(O)cc(OC(C)CC(C)(C)C(O[SiH2]C)O[SiH2]C)c3)ncc2C)cc1. The fourth-order valence-electron chi connectivity index (χ4n) is 4.28. The van der Waals surface area contributed by atoms with Crippen LogP contribution in [0.2, 0.25) is 13.1 Å². The number of hydrogen-bond donors (Lipinski definition) is 1. The lowest BCUT2D eigenvalue weighted by atomic mass is 9.86. The van der Waals surface area contributed by atoms with Gasteiger partial charge in [0, 0.05) is 28.8 Å². The Balaban J connectivity index is 1.74. The number of methoxy groups -OCH3 is 1. The van der Waals surface area contributed by atoms with Gasteiger partial charge in [0.2, 0.25) is 5.88 Å². The molecule has 3 rings (SSSR count). The first kappa shape index (κ1) is 29.6. The Morgan fingerprint density at radius 1 is 1.00 bits per heavy atom. The van der Waals surface area contributed by atoms with Crippen molar-refractivity contribution in [2.24, 2.45) is 5.41 Å². The summed E-state index contributed by atoms with van der Waals surface area (Å²) in [5, 5.41) is 10.4. The van der Waals surface area contributed by atoms with Gasteiger partial charge in [0.25, 0.3) is 0 Å². The number of aromatic nitrogens is 2. The maximum absolute atomic E-state index is 10.4. The molecule has 38 heavy (non-hydrogen) atoms. The Labute approximate surface area is 230 Å². The summed E-state index contributed by atoms with van der Waals surface area (Å²) in [5.41, 5.74) is 2.25. The predicted molar refractivity (Wildman–Crippen MR) is 154 cm³/mol. The van der Waals surface area contributed by atoms with Crippen molar-refractivity contribution in [2.75, 3.05) is 7.11 Å². The summed E-state index contributed by atoms with van der Waals surface area (Å²) in [6, 6.07) is 12.7. The topological polar surface area (TPSA) is 92.2 Å². The quantitative estimate of drug-likeness (QED) is 0.228. The molecule has 0 aliphatic rings. The van der Waals surface area contributed by atoms with Crippen molar-refractivity contribution in [3.8, 4) is 34.5 Å². The van der Waals surface area contributed by atoms with Crippen LogP contribution >= 0.6 is 0 Å². The molecule has 0 fully saturated rings. The molecule has 0 aliphatic carbocycles. The van der Waals surface area contributed by atoms with Crippen LogP contribution in [0.5, 0.6) is 23.1 Å². The van der Waals surface area contributed by atoms with Crippen LogP contribution in [0.3, 0.4) is 0 Å². The molecule has 0 saturated heterocycles. The van der Waals surface area contributed by atoms with E-state index in [2.05, 4.69) is 36.9 Å². The maximum atomic E-state index is 10.4. The number of nitrogens with zero attached hydrogens (tertiary/aromatic N) is 2. The molecule has 206 valence electrons. The molecule has 0 aliphatic heterocycles. The number of aryl methyl sites for hydroxylation is 1. The summed E-state index contributed by atoms with van der Waals surface area (Å²) in [6.07, 6.45) is 2.11. The third-order valence-electron chi connectivity index (χ3n) is 6.03. The van der Waals surface area contributed by atoms with Crippen molar-refractivity contribution in [1.29, 1.82) is 0 Å². The number of benzene rings is 2. The molecule has 0 spiro atoms. The third kappa shape index (κ3) is 8.29. The molecule has 10 heteroatoms. The highest BCUT2D eigenvalue weighted by Crippen LogP contribution is 2.34. The monoisotopic (exact) mass is 556 g/mol. The summed E-state index contributed by atoms with van der Waals surface area (Å²) in [6.45, 7) is 12.8. The summed E-state index contributed by atoms with van der Waals surface area (Å²) in [7, 11) is 0.439. The molecule has 1 aromatic heterocycles. The van der Waals surface area contributed by atoms with E-state index in [0.29, 0.717) is 29.6 Å². The van der Waals surface area contributed by atoms with Crippen LogP contribution in [0.1, 0.15) is 38.3 Å². The van der Waals surface area contributed by atoms with E-state index < -0.39 is 19.5 Å². The highest BCUT2D eigenvalue weighted by Gasteiger charge is 2.32. The van der Waals surface area contributed by atoms with Gasteiger partial charge in [0.15, 0.2) is 25.4 Å². The molecular weight excluding hydrogens is 516 g/mol. The van der Waals surface area contributed by atoms with Crippen LogP contribution < -0.4 is 14.2 Å². The first-order valence-corrected chi connectivity index (χ1v) is 17.0. The summed E-state index contributed by atoms with van der Waals surface area (Å²) >= 11 is 0. The molecular formula is C28H40N2O6Si2. The van der Waals surface area contributed by atoms with Gasteiger partial charge in [-0.2, -0.15) is 4.98 Å². The van der Waals surface area contributed by atoms with Crippen LogP contribution in [-0.2, 0) is 15.5 Å². The molecule has 1 heterocycles. The number of phenolic OH excluding ortho intramolecular Hbond substituents is 1. The van der Waals surface area contributed by atoms with Crippen molar-refractivity contribution >= 4 is 19.5 Å². The second kappa shape index (κ2) is 13.7. The normalized spacial score (nSPS) is 13.8. The number of hydrogen-bond acceptors (Lipinski definition) is 8. The lowest BCUT2D eigenvalue weighted by Crippen LogP contribution is -2.39. The number of rotatable bonds is 14. The van der Waals surface area contributed by atoms with Crippen molar-refractivity contribution in [3.05, 3.63) is 59.8 Å². The van der Waals surface area contributed by atoms with Crippen molar-refractivity contribution < 1.29 is 28.2 Å². The Hall–Kier alpha value is -2.93. The van der Waals surface area contributed by atoms with Crippen LogP contribution in [0.25, 0.3) is 11.4 Å². The van der Waals surface area contributed by atoms with Gasteiger partial charge in [-0.25, -0.2) is 4.98 Å². The van der Waals surface area contributed by atoms with Gasteiger partial charge in [-0.15, -0.1) is 0 Å². The Morgan fingerprint density at radius 3 is 2.32 bits per heavy atom. The van der Waals surface area contributed by atoms with E-state index >= 15 is 0 Å². The fraction of sp³-hybridized carbons (Fsp3) is 0.429. The molecule has 3 aromatic rings. The van der Waals surface area contributed by atoms with Gasteiger partial charge in [-0.3, -0.25) is 0 Å². The molecule has 2 aromatic carbocycles. The number of ether oxygens (including phenoxy) is 3. The van der Waals surface area contributed by atoms with E-state index in [1.807, 2.05) is 44.2 Å². The fourth-order valence-corrected chi connectivity index (χ4v) is 6.17. The minimum atomic E-state index is -0.599. The molecule has 0 bridgehead atoms. The molecule has 1 unspecified atom stereocenters. The van der Waals surface area contributed by atoms with Crippen molar-refractivity contribution in [1.82, 2.24) is 9.97 Å². The molecule has 8 nitrogen and oxygen atoms in total. The van der Waals surface area contributed by atoms with Crippen molar-refractivity contribution in [3.63, 3.8) is 0 Å². The van der Waals surface area contributed by atoms with Crippen LogP contribution in [0.15, 0.2) is 48.7 Å². The lowest BCUT2D eigenvalue weighted by molar-refractivity contribution is -0.0916. The van der Waals surface area contributed by atoms with Gasteiger partial charge >= 0.3 is 0 Å². The van der Waals surface area contributed by atoms with Gasteiger partial charge in [-0.05, 0) is 50.1 Å². The Kier molecular flexibility index (Phi) is 10.7. The molecule has 1 N–H and O–H groups in total. The second-order valence-electron chi connectivity index (χ2n) is 9.90. The average Bonchev–Trinajstić information content (AvgIpc) is 2.87. The predicted octanol–water partition coefficient (Wildman–Crippen LogP) is 4.55. The Bertz CT molecular complexity index is 1170. The third-order valence-corrected chi connectivity index (χ3v) is 7.31. The van der Waals surface area contributed by atoms with Crippen molar-refractivity contribution in [2.45, 2.75) is 66.2 Å². The second-order valence-corrected chi connectivity index (χ2v) is 11.7. The molecule has 0 saturated carbocycles. The van der Waals surface area contributed by atoms with E-state index in [-0.39, 0.29) is 23.6 Å². The van der Waals surface area contributed by atoms with Gasteiger partial charge < -0.3 is 28.2 Å². The zero-order chi connectivity index (χ0) is 27.7. The zero-order valence-electron chi connectivity index (χ0n) is 23.5. The largest absolute Gasteiger partial charge is 0.508 e. The van der Waals surface area contributed by atoms with Gasteiger partial charge in [0.05, 0.1) is 13.2 Å². The molecule has 0 radical (unpaired) electrons. The maximum Gasteiger partial charge on any atom is 0.220 e. The van der Waals surface area contributed by atoms with E-state index in [4.69, 9.17) is 23.1 Å². The van der Waals surface area contributed by atoms with Crippen LogP contribution in [-0.4, -0.2) is 54.1 Å². The lowest BCUT2D eigenvalue weighted by Gasteiger charge is -2.36. The summed E-state index contributed by atoms with van der Waals surface area (Å²) < 4.78 is 29.4.